The predicted octanol–water partition coefficient (Wildman–Crippen LogP) is 0.0468. The molecule has 1 aromatic heterocycles. The van der Waals surface area contributed by atoms with Gasteiger partial charge in [-0.05, 0) is 0 Å². The smallest absolute Gasteiger partial charge is 0.242 e. The Labute approximate surface area is 118 Å². The molecule has 1 aromatic rings. The van der Waals surface area contributed by atoms with Crippen LogP contribution in [-0.2, 0) is 14.9 Å². The number of hydrogen-bond acceptors (Lipinski definition) is 6. The van der Waals surface area contributed by atoms with Crippen LogP contribution in [0.2, 0.25) is 0 Å². The number of amides is 1. The van der Waals surface area contributed by atoms with Crippen LogP contribution in [0.5, 0.6) is 0 Å². The van der Waals surface area contributed by atoms with Gasteiger partial charge in [0.2, 0.25) is 5.91 Å². The number of morpholine rings is 1. The van der Waals surface area contributed by atoms with Gasteiger partial charge in [-0.2, -0.15) is 0 Å². The molecule has 1 fully saturated rings. The summed E-state index contributed by atoms with van der Waals surface area (Å²) < 4.78 is 5.31. The van der Waals surface area contributed by atoms with Crippen LogP contribution in [0.25, 0.3) is 0 Å². The lowest BCUT2D eigenvalue weighted by molar-refractivity contribution is -0.121. The molecule has 1 aliphatic heterocycles. The highest BCUT2D eigenvalue weighted by Gasteiger charge is 2.30. The van der Waals surface area contributed by atoms with Gasteiger partial charge in [0, 0.05) is 18.0 Å². The van der Waals surface area contributed by atoms with Gasteiger partial charge in [-0.25, -0.2) is 9.97 Å². The Morgan fingerprint density at radius 1 is 1.45 bits per heavy atom. The van der Waals surface area contributed by atoms with Crippen molar-refractivity contribution < 1.29 is 9.53 Å². The molecule has 0 aliphatic carbocycles. The maximum Gasteiger partial charge on any atom is 0.242 e. The fourth-order valence-corrected chi connectivity index (χ4v) is 2.05. The van der Waals surface area contributed by atoms with Crippen molar-refractivity contribution in [3.8, 4) is 0 Å². The number of carbonyl (C=O) groups is 1. The van der Waals surface area contributed by atoms with Crippen LogP contribution in [0.3, 0.4) is 0 Å². The van der Waals surface area contributed by atoms with Crippen molar-refractivity contribution >= 4 is 17.5 Å². The second-order valence-corrected chi connectivity index (χ2v) is 5.91. The van der Waals surface area contributed by atoms with E-state index in [-0.39, 0.29) is 12.0 Å². The Kier molecular flexibility index (Phi) is 3.80. The average molecular weight is 279 g/mol. The fraction of sp³-hybridized carbons (Fsp3) is 0.615. The van der Waals surface area contributed by atoms with Crippen molar-refractivity contribution in [1.29, 1.82) is 0 Å². The summed E-state index contributed by atoms with van der Waals surface area (Å²) in [4.78, 5) is 22.2. The van der Waals surface area contributed by atoms with Crippen molar-refractivity contribution in [2.45, 2.75) is 32.2 Å². The molecule has 110 valence electrons. The molecule has 0 saturated carbocycles. The zero-order valence-corrected chi connectivity index (χ0v) is 12.1. The number of aromatic nitrogens is 2. The molecule has 1 amide bonds. The lowest BCUT2D eigenvalue weighted by Crippen LogP contribution is -2.53. The number of anilines is 2. The van der Waals surface area contributed by atoms with E-state index in [1.807, 2.05) is 25.7 Å². The van der Waals surface area contributed by atoms with Gasteiger partial charge in [-0.3, -0.25) is 4.79 Å². The minimum atomic E-state index is -0.522. The van der Waals surface area contributed by atoms with Crippen LogP contribution in [0.4, 0.5) is 11.6 Å². The summed E-state index contributed by atoms with van der Waals surface area (Å²) in [5, 5.41) is 0. The quantitative estimate of drug-likeness (QED) is 0.792. The highest BCUT2D eigenvalue weighted by Crippen LogP contribution is 2.24. The van der Waals surface area contributed by atoms with Gasteiger partial charge in [0.25, 0.3) is 0 Å². The molecule has 0 spiro atoms. The minimum Gasteiger partial charge on any atom is -0.384 e. The molecular weight excluding hydrogens is 258 g/mol. The van der Waals surface area contributed by atoms with E-state index < -0.39 is 11.9 Å². The first-order chi connectivity index (χ1) is 9.29. The monoisotopic (exact) mass is 279 g/mol. The minimum absolute atomic E-state index is 0.224. The molecule has 4 N–H and O–H groups in total. The van der Waals surface area contributed by atoms with E-state index in [1.54, 1.807) is 6.07 Å². The first-order valence-corrected chi connectivity index (χ1v) is 6.58. The summed E-state index contributed by atoms with van der Waals surface area (Å²) in [6.45, 7) is 7.37. The molecule has 2 heterocycles. The number of nitrogen functional groups attached to an aromatic ring is 1. The third-order valence-corrected chi connectivity index (χ3v) is 3.15. The van der Waals surface area contributed by atoms with Crippen molar-refractivity contribution in [3.05, 3.63) is 11.9 Å². The van der Waals surface area contributed by atoms with Gasteiger partial charge in [-0.1, -0.05) is 20.8 Å². The zero-order valence-electron chi connectivity index (χ0n) is 12.1. The SMILES string of the molecule is CC(C)(C)c1nc(N)cc(N2CCOCC2C(N)=O)n1. The summed E-state index contributed by atoms with van der Waals surface area (Å²) in [5.74, 6) is 1.21. The zero-order chi connectivity index (χ0) is 14.9. The van der Waals surface area contributed by atoms with Gasteiger partial charge in [0.05, 0.1) is 13.2 Å². The number of ether oxygens (including phenoxy) is 1. The van der Waals surface area contributed by atoms with E-state index in [0.29, 0.717) is 30.6 Å². The number of primary amides is 1. The topological polar surface area (TPSA) is 107 Å². The van der Waals surface area contributed by atoms with Crippen molar-refractivity contribution in [2.24, 2.45) is 5.73 Å². The number of nitrogens with two attached hydrogens (primary N) is 2. The van der Waals surface area contributed by atoms with E-state index in [1.165, 1.54) is 0 Å². The molecule has 0 radical (unpaired) electrons. The first-order valence-electron chi connectivity index (χ1n) is 6.58. The predicted molar refractivity (Wildman–Crippen MR) is 76.3 cm³/mol. The molecule has 2 rings (SSSR count). The number of nitrogens with zero attached hydrogens (tertiary/aromatic N) is 3. The Hall–Kier alpha value is -1.89. The highest BCUT2D eigenvalue weighted by atomic mass is 16.5. The fourth-order valence-electron chi connectivity index (χ4n) is 2.05. The molecule has 0 aromatic carbocycles. The molecule has 1 aliphatic rings. The molecule has 1 atom stereocenters. The van der Waals surface area contributed by atoms with Gasteiger partial charge in [-0.15, -0.1) is 0 Å². The van der Waals surface area contributed by atoms with Crippen LogP contribution in [0.1, 0.15) is 26.6 Å². The number of carbonyl (C=O) groups excluding carboxylic acids is 1. The van der Waals surface area contributed by atoms with Gasteiger partial charge in [0.15, 0.2) is 0 Å². The lowest BCUT2D eigenvalue weighted by Gasteiger charge is -2.35. The van der Waals surface area contributed by atoms with Crippen LogP contribution < -0.4 is 16.4 Å². The molecule has 0 bridgehead atoms. The molecule has 7 heteroatoms. The van der Waals surface area contributed by atoms with Gasteiger partial charge in [0.1, 0.15) is 23.5 Å². The summed E-state index contributed by atoms with van der Waals surface area (Å²) in [7, 11) is 0. The largest absolute Gasteiger partial charge is 0.384 e. The first kappa shape index (κ1) is 14.5. The molecular formula is C13H21N5O2. The van der Waals surface area contributed by atoms with E-state index in [9.17, 15) is 4.79 Å². The normalized spacial score (nSPS) is 19.9. The molecule has 1 saturated heterocycles. The third-order valence-electron chi connectivity index (χ3n) is 3.15. The third kappa shape index (κ3) is 2.98. The van der Waals surface area contributed by atoms with Crippen molar-refractivity contribution in [1.82, 2.24) is 9.97 Å². The second kappa shape index (κ2) is 5.24. The summed E-state index contributed by atoms with van der Waals surface area (Å²) >= 11 is 0. The van der Waals surface area contributed by atoms with Gasteiger partial charge >= 0.3 is 0 Å². The average Bonchev–Trinajstić information content (AvgIpc) is 2.37. The summed E-state index contributed by atoms with van der Waals surface area (Å²) in [6, 6.07) is 1.14. The van der Waals surface area contributed by atoms with Crippen LogP contribution in [0.15, 0.2) is 6.07 Å². The van der Waals surface area contributed by atoms with E-state index in [2.05, 4.69) is 9.97 Å². The number of hydrogen-bond donors (Lipinski definition) is 2. The van der Waals surface area contributed by atoms with E-state index >= 15 is 0 Å². The summed E-state index contributed by atoms with van der Waals surface area (Å²) in [6.07, 6.45) is 0. The Morgan fingerprint density at radius 3 is 2.75 bits per heavy atom. The van der Waals surface area contributed by atoms with Crippen LogP contribution in [-0.4, -0.2) is 41.7 Å². The Balaban J connectivity index is 2.40. The standard InChI is InChI=1S/C13H21N5O2/c1-13(2,3)12-16-9(14)6-10(17-12)18-4-5-20-7-8(18)11(15)19/h6,8H,4-5,7H2,1-3H3,(H2,15,19)(H2,14,16,17). The van der Waals surface area contributed by atoms with Crippen LogP contribution >= 0.6 is 0 Å². The van der Waals surface area contributed by atoms with E-state index in [4.69, 9.17) is 16.2 Å². The summed E-state index contributed by atoms with van der Waals surface area (Å²) in [5.41, 5.74) is 11.1. The highest BCUT2D eigenvalue weighted by molar-refractivity contribution is 5.83. The van der Waals surface area contributed by atoms with E-state index in [0.717, 1.165) is 0 Å². The number of rotatable bonds is 2. The molecule has 20 heavy (non-hydrogen) atoms. The second-order valence-electron chi connectivity index (χ2n) is 5.91. The van der Waals surface area contributed by atoms with Gasteiger partial charge < -0.3 is 21.1 Å². The van der Waals surface area contributed by atoms with Crippen LogP contribution in [0, 0.1) is 0 Å². The van der Waals surface area contributed by atoms with Crippen molar-refractivity contribution in [3.63, 3.8) is 0 Å². The molecule has 1 unspecified atom stereocenters. The Bertz CT molecular complexity index is 512. The Morgan fingerprint density at radius 2 is 2.15 bits per heavy atom. The maximum absolute atomic E-state index is 11.5. The lowest BCUT2D eigenvalue weighted by atomic mass is 9.95. The maximum atomic E-state index is 11.5. The van der Waals surface area contributed by atoms with Crippen molar-refractivity contribution in [2.75, 3.05) is 30.4 Å². The molecule has 7 nitrogen and oxygen atoms in total.